The Bertz CT molecular complexity index is 392. The van der Waals surface area contributed by atoms with Gasteiger partial charge in [-0.1, -0.05) is 6.92 Å². The lowest BCUT2D eigenvalue weighted by molar-refractivity contribution is 0.0721. The van der Waals surface area contributed by atoms with E-state index in [-0.39, 0.29) is 12.5 Å². The van der Waals surface area contributed by atoms with E-state index in [1.54, 1.807) is 17.0 Å². The maximum Gasteiger partial charge on any atom is 0.255 e. The molecule has 1 N–H and O–H groups in total. The first-order valence-electron chi connectivity index (χ1n) is 5.48. The van der Waals surface area contributed by atoms with Gasteiger partial charge < -0.3 is 10.0 Å². The van der Waals surface area contributed by atoms with Crippen LogP contribution in [0.2, 0.25) is 0 Å². The first-order chi connectivity index (χ1) is 8.10. The standard InChI is InChI=1S/C12H16BrNO2S/c1-2-5-14(6-7-15)12(16)10-8-9(17)3-4-11(10)13/h3-4,8,15,17H,2,5-7H2,1H3. The van der Waals surface area contributed by atoms with E-state index in [9.17, 15) is 4.79 Å². The molecule has 0 saturated carbocycles. The van der Waals surface area contributed by atoms with E-state index in [1.807, 2.05) is 13.0 Å². The normalized spacial score (nSPS) is 10.4. The van der Waals surface area contributed by atoms with Crippen molar-refractivity contribution in [2.24, 2.45) is 0 Å². The summed E-state index contributed by atoms with van der Waals surface area (Å²) in [6.45, 7) is 2.98. The summed E-state index contributed by atoms with van der Waals surface area (Å²) in [6, 6.07) is 5.36. The lowest BCUT2D eigenvalue weighted by atomic mass is 10.2. The van der Waals surface area contributed by atoms with Crippen molar-refractivity contribution in [2.45, 2.75) is 18.2 Å². The number of carbonyl (C=O) groups is 1. The van der Waals surface area contributed by atoms with Crippen LogP contribution in [0.4, 0.5) is 0 Å². The first kappa shape index (κ1) is 14.5. The second-order valence-corrected chi connectivity index (χ2v) is 5.05. The van der Waals surface area contributed by atoms with Crippen molar-refractivity contribution in [2.75, 3.05) is 19.7 Å². The molecule has 1 amide bonds. The highest BCUT2D eigenvalue weighted by molar-refractivity contribution is 9.10. The smallest absolute Gasteiger partial charge is 0.255 e. The summed E-state index contributed by atoms with van der Waals surface area (Å²) in [4.78, 5) is 14.6. The molecule has 0 saturated heterocycles. The number of rotatable bonds is 5. The number of halogens is 1. The predicted octanol–water partition coefficient (Wildman–Crippen LogP) is 2.58. The summed E-state index contributed by atoms with van der Waals surface area (Å²) >= 11 is 7.59. The van der Waals surface area contributed by atoms with E-state index in [2.05, 4.69) is 28.6 Å². The zero-order chi connectivity index (χ0) is 12.8. The number of hydrogen-bond donors (Lipinski definition) is 2. The van der Waals surface area contributed by atoms with E-state index in [1.165, 1.54) is 0 Å². The molecule has 5 heteroatoms. The molecule has 1 aromatic carbocycles. The Kier molecular flexibility index (Phi) is 6.02. The second kappa shape index (κ2) is 7.03. The molecule has 1 aromatic rings. The monoisotopic (exact) mass is 317 g/mol. The fourth-order valence-electron chi connectivity index (χ4n) is 1.55. The highest BCUT2D eigenvalue weighted by atomic mass is 79.9. The maximum absolute atomic E-state index is 12.2. The van der Waals surface area contributed by atoms with Crippen LogP contribution in [0.25, 0.3) is 0 Å². The van der Waals surface area contributed by atoms with Crippen molar-refractivity contribution in [3.8, 4) is 0 Å². The van der Waals surface area contributed by atoms with Gasteiger partial charge in [-0.05, 0) is 40.5 Å². The van der Waals surface area contributed by atoms with Crippen molar-refractivity contribution in [1.29, 1.82) is 0 Å². The number of aliphatic hydroxyl groups excluding tert-OH is 1. The Balaban J connectivity index is 2.95. The van der Waals surface area contributed by atoms with Crippen LogP contribution < -0.4 is 0 Å². The van der Waals surface area contributed by atoms with E-state index < -0.39 is 0 Å². The molecule has 0 fully saturated rings. The van der Waals surface area contributed by atoms with Gasteiger partial charge in [-0.15, -0.1) is 12.6 Å². The minimum Gasteiger partial charge on any atom is -0.395 e. The van der Waals surface area contributed by atoms with Gasteiger partial charge in [-0.25, -0.2) is 0 Å². The number of thiol groups is 1. The van der Waals surface area contributed by atoms with Crippen LogP contribution in [0, 0.1) is 0 Å². The topological polar surface area (TPSA) is 40.5 Å². The fourth-order valence-corrected chi connectivity index (χ4v) is 2.17. The number of carbonyl (C=O) groups excluding carboxylic acids is 1. The molecule has 17 heavy (non-hydrogen) atoms. The number of benzene rings is 1. The van der Waals surface area contributed by atoms with Gasteiger partial charge in [0, 0.05) is 22.5 Å². The van der Waals surface area contributed by atoms with Gasteiger partial charge in [0.05, 0.1) is 12.2 Å². The first-order valence-corrected chi connectivity index (χ1v) is 6.72. The Hall–Kier alpha value is -0.520. The Labute approximate surface area is 115 Å². The average Bonchev–Trinajstić information content (AvgIpc) is 2.31. The van der Waals surface area contributed by atoms with Crippen LogP contribution in [0.5, 0.6) is 0 Å². The highest BCUT2D eigenvalue weighted by Gasteiger charge is 2.17. The predicted molar refractivity (Wildman–Crippen MR) is 74.7 cm³/mol. The van der Waals surface area contributed by atoms with Crippen LogP contribution in [0.3, 0.4) is 0 Å². The lowest BCUT2D eigenvalue weighted by Crippen LogP contribution is -2.34. The van der Waals surface area contributed by atoms with Crippen molar-refractivity contribution in [1.82, 2.24) is 4.90 Å². The molecular formula is C12H16BrNO2S. The third kappa shape index (κ3) is 4.01. The maximum atomic E-state index is 12.2. The molecule has 0 aliphatic carbocycles. The molecule has 0 aliphatic rings. The SMILES string of the molecule is CCCN(CCO)C(=O)c1cc(S)ccc1Br. The van der Waals surface area contributed by atoms with Gasteiger partial charge in [0.15, 0.2) is 0 Å². The molecule has 0 spiro atoms. The minimum absolute atomic E-state index is 0.0239. The summed E-state index contributed by atoms with van der Waals surface area (Å²) in [7, 11) is 0. The Morgan fingerprint density at radius 3 is 2.76 bits per heavy atom. The number of aliphatic hydroxyl groups is 1. The molecular weight excluding hydrogens is 302 g/mol. The minimum atomic E-state index is -0.0799. The quantitative estimate of drug-likeness (QED) is 0.819. The van der Waals surface area contributed by atoms with Gasteiger partial charge in [-0.2, -0.15) is 0 Å². The van der Waals surface area contributed by atoms with Gasteiger partial charge in [0.2, 0.25) is 0 Å². The average molecular weight is 318 g/mol. The highest BCUT2D eigenvalue weighted by Crippen LogP contribution is 2.21. The van der Waals surface area contributed by atoms with Crippen molar-refractivity contribution in [3.63, 3.8) is 0 Å². The zero-order valence-electron chi connectivity index (χ0n) is 9.69. The number of amides is 1. The molecule has 0 unspecified atom stereocenters. The van der Waals surface area contributed by atoms with E-state index in [0.29, 0.717) is 18.7 Å². The van der Waals surface area contributed by atoms with Crippen LogP contribution in [-0.4, -0.2) is 35.6 Å². The third-order valence-electron chi connectivity index (χ3n) is 2.33. The van der Waals surface area contributed by atoms with Crippen molar-refractivity contribution >= 4 is 34.5 Å². The lowest BCUT2D eigenvalue weighted by Gasteiger charge is -2.21. The van der Waals surface area contributed by atoms with Crippen LogP contribution >= 0.6 is 28.6 Å². The van der Waals surface area contributed by atoms with Gasteiger partial charge >= 0.3 is 0 Å². The van der Waals surface area contributed by atoms with E-state index >= 15 is 0 Å². The molecule has 0 bridgehead atoms. The summed E-state index contributed by atoms with van der Waals surface area (Å²) < 4.78 is 0.749. The van der Waals surface area contributed by atoms with Gasteiger partial charge in [-0.3, -0.25) is 4.79 Å². The second-order valence-electron chi connectivity index (χ2n) is 3.68. The summed E-state index contributed by atoms with van der Waals surface area (Å²) in [5.74, 6) is -0.0799. The molecule has 0 atom stereocenters. The summed E-state index contributed by atoms with van der Waals surface area (Å²) in [5.41, 5.74) is 0.583. The summed E-state index contributed by atoms with van der Waals surface area (Å²) in [6.07, 6.45) is 0.865. The van der Waals surface area contributed by atoms with Gasteiger partial charge in [0.1, 0.15) is 0 Å². The Morgan fingerprint density at radius 2 is 2.18 bits per heavy atom. The molecule has 0 aromatic heterocycles. The van der Waals surface area contributed by atoms with E-state index in [4.69, 9.17) is 5.11 Å². The third-order valence-corrected chi connectivity index (χ3v) is 3.30. The van der Waals surface area contributed by atoms with Crippen LogP contribution in [0.15, 0.2) is 27.6 Å². The van der Waals surface area contributed by atoms with Crippen LogP contribution in [-0.2, 0) is 0 Å². The van der Waals surface area contributed by atoms with Crippen molar-refractivity contribution < 1.29 is 9.90 Å². The number of hydrogen-bond acceptors (Lipinski definition) is 3. The largest absolute Gasteiger partial charge is 0.395 e. The van der Waals surface area contributed by atoms with Gasteiger partial charge in [0.25, 0.3) is 5.91 Å². The Morgan fingerprint density at radius 1 is 1.47 bits per heavy atom. The molecule has 0 aliphatic heterocycles. The molecule has 0 radical (unpaired) electrons. The molecule has 1 rings (SSSR count). The molecule has 94 valence electrons. The molecule has 0 heterocycles. The zero-order valence-corrected chi connectivity index (χ0v) is 12.2. The van der Waals surface area contributed by atoms with Crippen LogP contribution in [0.1, 0.15) is 23.7 Å². The number of nitrogens with zero attached hydrogens (tertiary/aromatic N) is 1. The van der Waals surface area contributed by atoms with E-state index in [0.717, 1.165) is 15.8 Å². The summed E-state index contributed by atoms with van der Waals surface area (Å²) in [5, 5.41) is 8.96. The fraction of sp³-hybridized carbons (Fsp3) is 0.417. The van der Waals surface area contributed by atoms with Crippen molar-refractivity contribution in [3.05, 3.63) is 28.2 Å². The molecule has 3 nitrogen and oxygen atoms in total.